The van der Waals surface area contributed by atoms with E-state index >= 15 is 0 Å². The Morgan fingerprint density at radius 2 is 1.85 bits per heavy atom. The Bertz CT molecular complexity index is 332. The molecule has 0 aromatic rings. The molecule has 5 nitrogen and oxygen atoms in total. The lowest BCUT2D eigenvalue weighted by atomic mass is 9.88. The number of halogens is 1. The number of amides is 2. The van der Waals surface area contributed by atoms with Crippen molar-refractivity contribution in [1.29, 1.82) is 0 Å². The SMILES string of the molecule is CNCC(=O)NC1CCN(C(=O)C2CCCCC2)C1.Cl. The van der Waals surface area contributed by atoms with Gasteiger partial charge in [-0.05, 0) is 26.3 Å². The number of nitrogens with one attached hydrogen (secondary N) is 2. The first kappa shape index (κ1) is 17.2. The van der Waals surface area contributed by atoms with Crippen molar-refractivity contribution in [3.63, 3.8) is 0 Å². The van der Waals surface area contributed by atoms with E-state index in [4.69, 9.17) is 0 Å². The van der Waals surface area contributed by atoms with Crippen molar-refractivity contribution in [3.05, 3.63) is 0 Å². The minimum absolute atomic E-state index is 0. The van der Waals surface area contributed by atoms with E-state index in [1.807, 2.05) is 4.90 Å². The first-order chi connectivity index (χ1) is 9.20. The number of nitrogens with zero attached hydrogens (tertiary/aromatic N) is 1. The van der Waals surface area contributed by atoms with Crippen molar-refractivity contribution in [2.24, 2.45) is 5.92 Å². The molecule has 2 fully saturated rings. The molecule has 1 heterocycles. The van der Waals surface area contributed by atoms with Gasteiger partial charge in [0.1, 0.15) is 0 Å². The molecule has 2 amide bonds. The fourth-order valence-corrected chi connectivity index (χ4v) is 3.13. The van der Waals surface area contributed by atoms with Crippen molar-refractivity contribution >= 4 is 24.2 Å². The molecule has 0 bridgehead atoms. The molecule has 2 rings (SSSR count). The molecule has 1 saturated heterocycles. The van der Waals surface area contributed by atoms with Gasteiger partial charge >= 0.3 is 0 Å². The Morgan fingerprint density at radius 3 is 2.50 bits per heavy atom. The lowest BCUT2D eigenvalue weighted by Crippen LogP contribution is -2.42. The fraction of sp³-hybridized carbons (Fsp3) is 0.857. The smallest absolute Gasteiger partial charge is 0.234 e. The molecule has 2 aliphatic rings. The zero-order valence-electron chi connectivity index (χ0n) is 12.2. The largest absolute Gasteiger partial charge is 0.350 e. The molecule has 116 valence electrons. The monoisotopic (exact) mass is 303 g/mol. The molecule has 1 saturated carbocycles. The van der Waals surface area contributed by atoms with Crippen LogP contribution >= 0.6 is 12.4 Å². The highest BCUT2D eigenvalue weighted by molar-refractivity contribution is 5.85. The molecule has 2 N–H and O–H groups in total. The molecule has 1 atom stereocenters. The van der Waals surface area contributed by atoms with E-state index in [2.05, 4.69) is 10.6 Å². The van der Waals surface area contributed by atoms with E-state index in [0.29, 0.717) is 19.0 Å². The first-order valence-electron chi connectivity index (χ1n) is 7.43. The molecule has 0 radical (unpaired) electrons. The Balaban J connectivity index is 0.00000200. The Labute approximate surface area is 127 Å². The van der Waals surface area contributed by atoms with Crippen LogP contribution in [-0.2, 0) is 9.59 Å². The summed E-state index contributed by atoms with van der Waals surface area (Å²) in [6, 6.07) is 0.133. The van der Waals surface area contributed by atoms with E-state index in [1.165, 1.54) is 19.3 Å². The highest BCUT2D eigenvalue weighted by Gasteiger charge is 2.31. The number of likely N-dealkylation sites (N-methyl/N-ethyl adjacent to an activating group) is 1. The van der Waals surface area contributed by atoms with Gasteiger partial charge < -0.3 is 15.5 Å². The minimum Gasteiger partial charge on any atom is -0.350 e. The topological polar surface area (TPSA) is 61.4 Å². The van der Waals surface area contributed by atoms with Crippen LogP contribution in [0, 0.1) is 5.92 Å². The van der Waals surface area contributed by atoms with Crippen LogP contribution in [0.1, 0.15) is 38.5 Å². The summed E-state index contributed by atoms with van der Waals surface area (Å²) in [4.78, 5) is 25.8. The highest BCUT2D eigenvalue weighted by Crippen LogP contribution is 2.26. The van der Waals surface area contributed by atoms with Crippen molar-refractivity contribution in [3.8, 4) is 0 Å². The molecule has 1 unspecified atom stereocenters. The molecule has 1 aliphatic heterocycles. The van der Waals surface area contributed by atoms with Gasteiger partial charge in [0.05, 0.1) is 6.54 Å². The van der Waals surface area contributed by atoms with Crippen molar-refractivity contribution in [2.75, 3.05) is 26.7 Å². The van der Waals surface area contributed by atoms with Crippen LogP contribution < -0.4 is 10.6 Å². The van der Waals surface area contributed by atoms with Gasteiger partial charge in [-0.25, -0.2) is 0 Å². The van der Waals surface area contributed by atoms with E-state index in [1.54, 1.807) is 7.05 Å². The molecule has 0 spiro atoms. The lowest BCUT2D eigenvalue weighted by Gasteiger charge is -2.26. The van der Waals surface area contributed by atoms with Gasteiger partial charge in [-0.3, -0.25) is 9.59 Å². The number of carbonyl (C=O) groups excluding carboxylic acids is 2. The summed E-state index contributed by atoms with van der Waals surface area (Å²) in [5.74, 6) is 0.560. The summed E-state index contributed by atoms with van der Waals surface area (Å²) in [7, 11) is 1.76. The molecular formula is C14H26ClN3O2. The molecule has 0 aromatic heterocycles. The fourth-order valence-electron chi connectivity index (χ4n) is 3.13. The third kappa shape index (κ3) is 4.63. The van der Waals surface area contributed by atoms with Gasteiger partial charge in [0.15, 0.2) is 0 Å². The van der Waals surface area contributed by atoms with E-state index in [9.17, 15) is 9.59 Å². The molecule has 20 heavy (non-hydrogen) atoms. The predicted octanol–water partition coefficient (Wildman–Crippen LogP) is 0.925. The van der Waals surface area contributed by atoms with Crippen LogP contribution in [0.2, 0.25) is 0 Å². The molecule has 0 aromatic carbocycles. The second kappa shape index (κ2) is 8.47. The summed E-state index contributed by atoms with van der Waals surface area (Å²) in [6.45, 7) is 1.82. The predicted molar refractivity (Wildman–Crippen MR) is 80.9 cm³/mol. The van der Waals surface area contributed by atoms with Gasteiger partial charge in [0.25, 0.3) is 0 Å². The average Bonchev–Trinajstić information content (AvgIpc) is 2.87. The minimum atomic E-state index is 0. The van der Waals surface area contributed by atoms with Crippen LogP contribution in [-0.4, -0.2) is 49.4 Å². The van der Waals surface area contributed by atoms with Gasteiger partial charge in [0.2, 0.25) is 11.8 Å². The summed E-state index contributed by atoms with van der Waals surface area (Å²) < 4.78 is 0. The van der Waals surface area contributed by atoms with Crippen LogP contribution in [0.15, 0.2) is 0 Å². The van der Waals surface area contributed by atoms with Crippen LogP contribution in [0.25, 0.3) is 0 Å². The maximum absolute atomic E-state index is 12.4. The lowest BCUT2D eigenvalue weighted by molar-refractivity contribution is -0.135. The van der Waals surface area contributed by atoms with Crippen molar-refractivity contribution < 1.29 is 9.59 Å². The average molecular weight is 304 g/mol. The van der Waals surface area contributed by atoms with Gasteiger partial charge in [0, 0.05) is 25.0 Å². The second-order valence-corrected chi connectivity index (χ2v) is 5.70. The number of carbonyl (C=O) groups is 2. The summed E-state index contributed by atoms with van der Waals surface area (Å²) >= 11 is 0. The summed E-state index contributed by atoms with van der Waals surface area (Å²) in [6.07, 6.45) is 6.62. The van der Waals surface area contributed by atoms with Crippen molar-refractivity contribution in [1.82, 2.24) is 15.5 Å². The van der Waals surface area contributed by atoms with E-state index in [-0.39, 0.29) is 30.3 Å². The molecular weight excluding hydrogens is 278 g/mol. The first-order valence-corrected chi connectivity index (χ1v) is 7.43. The third-order valence-electron chi connectivity index (χ3n) is 4.16. The quantitative estimate of drug-likeness (QED) is 0.812. The summed E-state index contributed by atoms with van der Waals surface area (Å²) in [5.41, 5.74) is 0. The summed E-state index contributed by atoms with van der Waals surface area (Å²) in [5, 5.41) is 5.81. The Morgan fingerprint density at radius 1 is 1.15 bits per heavy atom. The zero-order valence-corrected chi connectivity index (χ0v) is 13.0. The van der Waals surface area contributed by atoms with Gasteiger partial charge in [-0.1, -0.05) is 19.3 Å². The molecule has 1 aliphatic carbocycles. The standard InChI is InChI=1S/C14H25N3O2.ClH/c1-15-9-13(18)16-12-7-8-17(10-12)14(19)11-5-3-2-4-6-11;/h11-12,15H,2-10H2,1H3,(H,16,18);1H. The van der Waals surface area contributed by atoms with Crippen LogP contribution in [0.4, 0.5) is 0 Å². The second-order valence-electron chi connectivity index (χ2n) is 5.70. The number of rotatable bonds is 4. The van der Waals surface area contributed by atoms with Gasteiger partial charge in [-0.15, -0.1) is 12.4 Å². The van der Waals surface area contributed by atoms with E-state index < -0.39 is 0 Å². The number of hydrogen-bond acceptors (Lipinski definition) is 3. The highest BCUT2D eigenvalue weighted by atomic mass is 35.5. The Kier molecular flexibility index (Phi) is 7.30. The van der Waals surface area contributed by atoms with Crippen LogP contribution in [0.5, 0.6) is 0 Å². The Hall–Kier alpha value is -0.810. The van der Waals surface area contributed by atoms with Gasteiger partial charge in [-0.2, -0.15) is 0 Å². The zero-order chi connectivity index (χ0) is 13.7. The maximum atomic E-state index is 12.4. The number of likely N-dealkylation sites (tertiary alicyclic amines) is 1. The van der Waals surface area contributed by atoms with Crippen LogP contribution in [0.3, 0.4) is 0 Å². The molecule has 6 heteroatoms. The van der Waals surface area contributed by atoms with Crippen molar-refractivity contribution in [2.45, 2.75) is 44.6 Å². The maximum Gasteiger partial charge on any atom is 0.234 e. The normalized spacial score (nSPS) is 23.2. The van der Waals surface area contributed by atoms with E-state index in [0.717, 1.165) is 25.8 Å². The third-order valence-corrected chi connectivity index (χ3v) is 4.16. The number of hydrogen-bond donors (Lipinski definition) is 2.